The molecule has 0 atom stereocenters. The van der Waals surface area contributed by atoms with E-state index in [1.807, 2.05) is 6.92 Å². The van der Waals surface area contributed by atoms with Crippen molar-refractivity contribution in [2.24, 2.45) is 0 Å². The summed E-state index contributed by atoms with van der Waals surface area (Å²) in [4.78, 5) is 11.7. The van der Waals surface area contributed by atoms with Crippen LogP contribution in [-0.4, -0.2) is 38.8 Å². The molecule has 0 saturated carbocycles. The number of aromatic nitrogens is 3. The molecule has 0 aliphatic carbocycles. The molecule has 0 aromatic carbocycles. The quantitative estimate of drug-likeness (QED) is 0.738. The topological polar surface area (TPSA) is 79.5 Å². The van der Waals surface area contributed by atoms with Crippen molar-refractivity contribution >= 4 is 11.6 Å². The third kappa shape index (κ3) is 2.42. The van der Waals surface area contributed by atoms with Gasteiger partial charge >= 0.3 is 0 Å². The molecule has 1 amide bonds. The van der Waals surface area contributed by atoms with E-state index in [2.05, 4.69) is 15.5 Å². The fraction of sp³-hybridized carbons (Fsp3) is 0.364. The third-order valence-electron chi connectivity index (χ3n) is 2.46. The van der Waals surface area contributed by atoms with E-state index in [1.165, 1.54) is 0 Å². The molecule has 6 nitrogen and oxygen atoms in total. The summed E-state index contributed by atoms with van der Waals surface area (Å²) in [6.07, 6.45) is 2.26. The van der Waals surface area contributed by atoms with Crippen LogP contribution in [0.25, 0.3) is 5.65 Å². The molecule has 0 radical (unpaired) electrons. The summed E-state index contributed by atoms with van der Waals surface area (Å²) in [6, 6.07) is 3.46. The van der Waals surface area contributed by atoms with E-state index in [0.29, 0.717) is 18.5 Å². The summed E-state index contributed by atoms with van der Waals surface area (Å²) in [5, 5.41) is 19.2. The Kier molecular flexibility index (Phi) is 3.34. The number of rotatable bonds is 4. The number of hydrogen-bond donors (Lipinski definition) is 2. The number of fused-ring (bicyclic) bond motifs is 1. The Labute approximate surface area is 98.3 Å². The molecule has 2 rings (SSSR count). The predicted octanol–water partition coefficient (Wildman–Crippen LogP) is 0.150. The normalized spacial score (nSPS) is 10.7. The number of amides is 1. The predicted molar refractivity (Wildman–Crippen MR) is 61.8 cm³/mol. The standard InChI is InChI=1S/C11H14N4O2/c1-8-13-14-10-4-3-9(7-15(8)10)11(17)12-5-2-6-16/h3-4,7,16H,2,5-6H2,1H3,(H,12,17). The molecule has 0 aliphatic rings. The molecule has 17 heavy (non-hydrogen) atoms. The number of nitrogens with zero attached hydrogens (tertiary/aromatic N) is 3. The van der Waals surface area contributed by atoms with Gasteiger partial charge in [-0.1, -0.05) is 0 Å². The molecule has 2 heterocycles. The van der Waals surface area contributed by atoms with Crippen molar-refractivity contribution in [3.05, 3.63) is 29.7 Å². The van der Waals surface area contributed by atoms with Crippen molar-refractivity contribution in [1.29, 1.82) is 0 Å². The first-order valence-electron chi connectivity index (χ1n) is 5.43. The lowest BCUT2D eigenvalue weighted by atomic mass is 10.2. The first-order chi connectivity index (χ1) is 8.22. The average molecular weight is 234 g/mol. The van der Waals surface area contributed by atoms with Crippen molar-refractivity contribution in [2.45, 2.75) is 13.3 Å². The monoisotopic (exact) mass is 234 g/mol. The van der Waals surface area contributed by atoms with Gasteiger partial charge in [-0.25, -0.2) is 0 Å². The SMILES string of the molecule is Cc1nnc2ccc(C(=O)NCCCO)cn12. The van der Waals surface area contributed by atoms with Crippen LogP contribution in [0.3, 0.4) is 0 Å². The highest BCUT2D eigenvalue weighted by molar-refractivity contribution is 5.94. The fourth-order valence-corrected chi connectivity index (χ4v) is 1.52. The van der Waals surface area contributed by atoms with Gasteiger partial charge in [0.05, 0.1) is 5.56 Å². The summed E-state index contributed by atoms with van der Waals surface area (Å²) < 4.78 is 1.76. The maximum Gasteiger partial charge on any atom is 0.252 e. The lowest BCUT2D eigenvalue weighted by Gasteiger charge is -2.04. The summed E-state index contributed by atoms with van der Waals surface area (Å²) in [6.45, 7) is 2.37. The van der Waals surface area contributed by atoms with E-state index in [0.717, 1.165) is 11.5 Å². The zero-order valence-corrected chi connectivity index (χ0v) is 9.55. The van der Waals surface area contributed by atoms with Gasteiger partial charge in [0, 0.05) is 19.3 Å². The van der Waals surface area contributed by atoms with Crippen molar-refractivity contribution < 1.29 is 9.90 Å². The molecule has 90 valence electrons. The zero-order chi connectivity index (χ0) is 12.3. The van der Waals surface area contributed by atoms with Crippen LogP contribution in [0.5, 0.6) is 0 Å². The highest BCUT2D eigenvalue weighted by atomic mass is 16.3. The molecule has 0 fully saturated rings. The highest BCUT2D eigenvalue weighted by Gasteiger charge is 2.07. The van der Waals surface area contributed by atoms with E-state index in [4.69, 9.17) is 5.11 Å². The van der Waals surface area contributed by atoms with Gasteiger partial charge in [-0.2, -0.15) is 0 Å². The number of hydrogen-bond acceptors (Lipinski definition) is 4. The molecule has 2 N–H and O–H groups in total. The van der Waals surface area contributed by atoms with Gasteiger partial charge in [-0.05, 0) is 25.5 Å². The second-order valence-corrected chi connectivity index (χ2v) is 3.73. The van der Waals surface area contributed by atoms with Crippen LogP contribution in [0.2, 0.25) is 0 Å². The molecule has 6 heteroatoms. The van der Waals surface area contributed by atoms with Crippen LogP contribution >= 0.6 is 0 Å². The van der Waals surface area contributed by atoms with Gasteiger partial charge < -0.3 is 10.4 Å². The van der Waals surface area contributed by atoms with Crippen LogP contribution in [0.1, 0.15) is 22.6 Å². The largest absolute Gasteiger partial charge is 0.396 e. The van der Waals surface area contributed by atoms with Gasteiger partial charge in [0.2, 0.25) is 0 Å². The number of aliphatic hydroxyl groups excluding tert-OH is 1. The Balaban J connectivity index is 2.17. The number of pyridine rings is 1. The van der Waals surface area contributed by atoms with Gasteiger partial charge in [0.25, 0.3) is 5.91 Å². The van der Waals surface area contributed by atoms with Crippen molar-refractivity contribution in [3.63, 3.8) is 0 Å². The average Bonchev–Trinajstić information content (AvgIpc) is 2.71. The minimum Gasteiger partial charge on any atom is -0.396 e. The van der Waals surface area contributed by atoms with Crippen LogP contribution < -0.4 is 5.32 Å². The molecule has 0 spiro atoms. The second kappa shape index (κ2) is 4.92. The summed E-state index contributed by atoms with van der Waals surface area (Å²) in [7, 11) is 0. The molecular formula is C11H14N4O2. The van der Waals surface area contributed by atoms with Gasteiger partial charge in [0.1, 0.15) is 5.82 Å². The fourth-order valence-electron chi connectivity index (χ4n) is 1.52. The first-order valence-corrected chi connectivity index (χ1v) is 5.43. The van der Waals surface area contributed by atoms with Crippen molar-refractivity contribution in [3.8, 4) is 0 Å². The molecular weight excluding hydrogens is 220 g/mol. The Bertz CT molecular complexity index is 535. The third-order valence-corrected chi connectivity index (χ3v) is 2.46. The molecule has 2 aromatic rings. The summed E-state index contributed by atoms with van der Waals surface area (Å²) >= 11 is 0. The molecule has 0 saturated heterocycles. The minimum atomic E-state index is -0.159. The van der Waals surface area contributed by atoms with Crippen LogP contribution in [0.4, 0.5) is 0 Å². The number of aryl methyl sites for hydroxylation is 1. The van der Waals surface area contributed by atoms with Crippen LogP contribution in [0.15, 0.2) is 18.3 Å². The van der Waals surface area contributed by atoms with E-state index in [1.54, 1.807) is 22.7 Å². The van der Waals surface area contributed by atoms with Gasteiger partial charge in [-0.3, -0.25) is 9.20 Å². The van der Waals surface area contributed by atoms with Crippen LogP contribution in [0, 0.1) is 6.92 Å². The lowest BCUT2D eigenvalue weighted by Crippen LogP contribution is -2.25. The van der Waals surface area contributed by atoms with Gasteiger partial charge in [0.15, 0.2) is 5.65 Å². The number of aliphatic hydroxyl groups is 1. The maximum absolute atomic E-state index is 11.7. The Morgan fingerprint density at radius 1 is 1.47 bits per heavy atom. The molecule has 2 aromatic heterocycles. The first kappa shape index (κ1) is 11.5. The van der Waals surface area contributed by atoms with Crippen LogP contribution in [-0.2, 0) is 0 Å². The maximum atomic E-state index is 11.7. The molecule has 0 bridgehead atoms. The Morgan fingerprint density at radius 2 is 2.29 bits per heavy atom. The second-order valence-electron chi connectivity index (χ2n) is 3.73. The minimum absolute atomic E-state index is 0.0733. The number of nitrogens with one attached hydrogen (secondary N) is 1. The highest BCUT2D eigenvalue weighted by Crippen LogP contribution is 2.06. The number of carbonyl (C=O) groups excluding carboxylic acids is 1. The summed E-state index contributed by atoms with van der Waals surface area (Å²) in [5.74, 6) is 0.582. The van der Waals surface area contributed by atoms with Crippen molar-refractivity contribution in [2.75, 3.05) is 13.2 Å². The van der Waals surface area contributed by atoms with Gasteiger partial charge in [-0.15, -0.1) is 10.2 Å². The van der Waals surface area contributed by atoms with Crippen molar-refractivity contribution in [1.82, 2.24) is 19.9 Å². The Morgan fingerprint density at radius 3 is 3.06 bits per heavy atom. The number of carbonyl (C=O) groups is 1. The zero-order valence-electron chi connectivity index (χ0n) is 9.55. The lowest BCUT2D eigenvalue weighted by molar-refractivity contribution is 0.0950. The van der Waals surface area contributed by atoms with E-state index in [-0.39, 0.29) is 12.5 Å². The molecule has 0 unspecified atom stereocenters. The van der Waals surface area contributed by atoms with E-state index < -0.39 is 0 Å². The molecule has 0 aliphatic heterocycles. The van der Waals surface area contributed by atoms with E-state index in [9.17, 15) is 4.79 Å². The summed E-state index contributed by atoms with van der Waals surface area (Å²) in [5.41, 5.74) is 1.27. The Hall–Kier alpha value is -1.95. The van der Waals surface area contributed by atoms with E-state index >= 15 is 0 Å². The smallest absolute Gasteiger partial charge is 0.252 e.